The minimum absolute atomic E-state index is 0.0608. The van der Waals surface area contributed by atoms with Gasteiger partial charge >= 0.3 is 0 Å². The van der Waals surface area contributed by atoms with E-state index in [1.54, 1.807) is 13.2 Å². The van der Waals surface area contributed by atoms with Crippen molar-refractivity contribution in [3.63, 3.8) is 0 Å². The molecule has 1 fully saturated rings. The summed E-state index contributed by atoms with van der Waals surface area (Å²) in [5.41, 5.74) is 2.24. The molecule has 4 heteroatoms. The first-order valence-electron chi connectivity index (χ1n) is 9.65. The number of likely N-dealkylation sites (tertiary alicyclic amines) is 1. The van der Waals surface area contributed by atoms with Gasteiger partial charge in [-0.3, -0.25) is 9.69 Å². The Labute approximate surface area is 161 Å². The van der Waals surface area contributed by atoms with Gasteiger partial charge in [0, 0.05) is 12.6 Å². The first kappa shape index (κ1) is 19.2. The molecule has 1 aliphatic heterocycles. The summed E-state index contributed by atoms with van der Waals surface area (Å²) in [5.74, 6) is 0.792. The molecular weight excluding hydrogens is 336 g/mol. The molecule has 1 saturated heterocycles. The number of piperidine rings is 1. The zero-order chi connectivity index (χ0) is 18.9. The van der Waals surface area contributed by atoms with E-state index < -0.39 is 0 Å². The zero-order valence-electron chi connectivity index (χ0n) is 15.9. The Balaban J connectivity index is 1.65. The lowest BCUT2D eigenvalue weighted by atomic mass is 10.0. The molecule has 1 N–H and O–H groups in total. The maximum Gasteiger partial charge on any atom is 0.244 e. The molecular formula is C23H28N2O2. The van der Waals surface area contributed by atoms with Gasteiger partial charge < -0.3 is 10.1 Å². The fraction of sp³-hybridized carbons (Fsp3) is 0.348. The molecule has 0 aromatic heterocycles. The van der Waals surface area contributed by atoms with Crippen LogP contribution in [0, 0.1) is 0 Å². The van der Waals surface area contributed by atoms with Crippen molar-refractivity contribution in [2.75, 3.05) is 26.7 Å². The number of ether oxygens (including phenoxy) is 1. The Morgan fingerprint density at radius 3 is 2.44 bits per heavy atom. The second kappa shape index (κ2) is 9.93. The number of amides is 1. The standard InChI is InChI=1S/C23H28N2O2/c1-27-21-13-11-20(12-14-21)22(25-16-6-3-7-17-25)18-24-23(26)15-10-19-8-4-2-5-9-19/h2,4-5,8-15,22H,3,6-7,16-18H2,1H3,(H,24,26)/b15-10+. The third-order valence-electron chi connectivity index (χ3n) is 5.03. The second-order valence-corrected chi connectivity index (χ2v) is 6.87. The molecule has 1 atom stereocenters. The first-order valence-corrected chi connectivity index (χ1v) is 9.65. The van der Waals surface area contributed by atoms with Crippen LogP contribution in [0.3, 0.4) is 0 Å². The van der Waals surface area contributed by atoms with Crippen LogP contribution in [0.25, 0.3) is 6.08 Å². The minimum atomic E-state index is -0.0608. The van der Waals surface area contributed by atoms with Crippen LogP contribution in [0.15, 0.2) is 60.7 Å². The summed E-state index contributed by atoms with van der Waals surface area (Å²) in [4.78, 5) is 14.8. The number of rotatable bonds is 7. The van der Waals surface area contributed by atoms with Crippen molar-refractivity contribution < 1.29 is 9.53 Å². The van der Waals surface area contributed by atoms with Crippen molar-refractivity contribution in [3.05, 3.63) is 71.8 Å². The van der Waals surface area contributed by atoms with E-state index in [4.69, 9.17) is 4.74 Å². The summed E-state index contributed by atoms with van der Waals surface area (Å²) >= 11 is 0. The molecule has 1 amide bonds. The molecule has 27 heavy (non-hydrogen) atoms. The van der Waals surface area contributed by atoms with Crippen molar-refractivity contribution >= 4 is 12.0 Å². The summed E-state index contributed by atoms with van der Waals surface area (Å²) in [5, 5.41) is 3.08. The maximum atomic E-state index is 12.3. The Kier molecular flexibility index (Phi) is 7.05. The third-order valence-corrected chi connectivity index (χ3v) is 5.03. The lowest BCUT2D eigenvalue weighted by molar-refractivity contribution is -0.116. The van der Waals surface area contributed by atoms with Gasteiger partial charge in [-0.2, -0.15) is 0 Å². The molecule has 1 unspecified atom stereocenters. The number of benzene rings is 2. The highest BCUT2D eigenvalue weighted by molar-refractivity contribution is 5.91. The van der Waals surface area contributed by atoms with Gasteiger partial charge in [0.25, 0.3) is 0 Å². The number of carbonyl (C=O) groups excluding carboxylic acids is 1. The van der Waals surface area contributed by atoms with Crippen LogP contribution >= 0.6 is 0 Å². The second-order valence-electron chi connectivity index (χ2n) is 6.87. The van der Waals surface area contributed by atoms with Gasteiger partial charge in [0.2, 0.25) is 5.91 Å². The van der Waals surface area contributed by atoms with Crippen molar-refractivity contribution in [1.29, 1.82) is 0 Å². The topological polar surface area (TPSA) is 41.6 Å². The van der Waals surface area contributed by atoms with E-state index in [0.29, 0.717) is 6.54 Å². The lowest BCUT2D eigenvalue weighted by Crippen LogP contribution is -2.40. The molecule has 0 aliphatic carbocycles. The van der Waals surface area contributed by atoms with Gasteiger partial charge in [0.15, 0.2) is 0 Å². The van der Waals surface area contributed by atoms with Crippen LogP contribution in [-0.2, 0) is 4.79 Å². The number of methoxy groups -OCH3 is 1. The molecule has 2 aromatic carbocycles. The van der Waals surface area contributed by atoms with E-state index in [2.05, 4.69) is 22.3 Å². The summed E-state index contributed by atoms with van der Waals surface area (Å²) in [6, 6.07) is 18.2. The lowest BCUT2D eigenvalue weighted by Gasteiger charge is -2.35. The van der Waals surface area contributed by atoms with E-state index >= 15 is 0 Å². The molecule has 0 radical (unpaired) electrons. The number of hydrogen-bond donors (Lipinski definition) is 1. The predicted octanol–water partition coefficient (Wildman–Crippen LogP) is 4.05. The van der Waals surface area contributed by atoms with Crippen LogP contribution in [0.4, 0.5) is 0 Å². The Morgan fingerprint density at radius 1 is 1.07 bits per heavy atom. The highest BCUT2D eigenvalue weighted by Crippen LogP contribution is 2.25. The van der Waals surface area contributed by atoms with Gasteiger partial charge in [-0.25, -0.2) is 0 Å². The van der Waals surface area contributed by atoms with E-state index in [0.717, 1.165) is 24.4 Å². The van der Waals surface area contributed by atoms with Gasteiger partial charge in [-0.05, 0) is 55.3 Å². The number of hydrogen-bond acceptors (Lipinski definition) is 3. The van der Waals surface area contributed by atoms with Gasteiger partial charge in [0.1, 0.15) is 5.75 Å². The first-order chi connectivity index (χ1) is 13.3. The molecule has 2 aromatic rings. The zero-order valence-corrected chi connectivity index (χ0v) is 15.9. The molecule has 0 spiro atoms. The van der Waals surface area contributed by atoms with Crippen molar-refractivity contribution in [3.8, 4) is 5.75 Å². The maximum absolute atomic E-state index is 12.3. The molecule has 0 saturated carbocycles. The van der Waals surface area contributed by atoms with E-state index in [1.807, 2.05) is 48.5 Å². The number of carbonyl (C=O) groups is 1. The highest BCUT2D eigenvalue weighted by Gasteiger charge is 2.22. The van der Waals surface area contributed by atoms with Gasteiger partial charge in [-0.1, -0.05) is 48.9 Å². The largest absolute Gasteiger partial charge is 0.497 e. The third kappa shape index (κ3) is 5.69. The average Bonchev–Trinajstić information content (AvgIpc) is 2.74. The number of nitrogens with zero attached hydrogens (tertiary/aromatic N) is 1. The minimum Gasteiger partial charge on any atom is -0.497 e. The van der Waals surface area contributed by atoms with Gasteiger partial charge in [-0.15, -0.1) is 0 Å². The van der Waals surface area contributed by atoms with Crippen LogP contribution < -0.4 is 10.1 Å². The van der Waals surface area contributed by atoms with E-state index in [1.165, 1.54) is 24.8 Å². The number of nitrogens with one attached hydrogen (secondary N) is 1. The van der Waals surface area contributed by atoms with Crippen molar-refractivity contribution in [2.45, 2.75) is 25.3 Å². The summed E-state index contributed by atoms with van der Waals surface area (Å²) in [7, 11) is 1.68. The molecule has 0 bridgehead atoms. The van der Waals surface area contributed by atoms with Gasteiger partial charge in [0.05, 0.1) is 13.2 Å². The average molecular weight is 364 g/mol. The normalized spacial score (nSPS) is 16.2. The Hall–Kier alpha value is -2.59. The van der Waals surface area contributed by atoms with Crippen LogP contribution in [0.5, 0.6) is 5.75 Å². The summed E-state index contributed by atoms with van der Waals surface area (Å²) < 4.78 is 5.27. The van der Waals surface area contributed by atoms with Crippen LogP contribution in [0.1, 0.15) is 36.4 Å². The highest BCUT2D eigenvalue weighted by atomic mass is 16.5. The van der Waals surface area contributed by atoms with E-state index in [9.17, 15) is 4.79 Å². The molecule has 1 heterocycles. The molecule has 3 rings (SSSR count). The molecule has 1 aliphatic rings. The molecule has 4 nitrogen and oxygen atoms in total. The monoisotopic (exact) mass is 364 g/mol. The predicted molar refractivity (Wildman–Crippen MR) is 110 cm³/mol. The fourth-order valence-electron chi connectivity index (χ4n) is 3.51. The van der Waals surface area contributed by atoms with Crippen molar-refractivity contribution in [1.82, 2.24) is 10.2 Å². The summed E-state index contributed by atoms with van der Waals surface area (Å²) in [6.07, 6.45) is 7.18. The van der Waals surface area contributed by atoms with Crippen molar-refractivity contribution in [2.24, 2.45) is 0 Å². The SMILES string of the molecule is COc1ccc(C(CNC(=O)/C=C/c2ccccc2)N2CCCCC2)cc1. The smallest absolute Gasteiger partial charge is 0.244 e. The quantitative estimate of drug-likeness (QED) is 0.754. The van der Waals surface area contributed by atoms with Crippen LogP contribution in [0.2, 0.25) is 0 Å². The Morgan fingerprint density at radius 2 is 1.78 bits per heavy atom. The van der Waals surface area contributed by atoms with E-state index in [-0.39, 0.29) is 11.9 Å². The summed E-state index contributed by atoms with van der Waals surface area (Å²) in [6.45, 7) is 2.75. The molecule has 142 valence electrons. The van der Waals surface area contributed by atoms with Crippen LogP contribution in [-0.4, -0.2) is 37.6 Å². The Bertz CT molecular complexity index is 735. The fourth-order valence-corrected chi connectivity index (χ4v) is 3.51.